The summed E-state index contributed by atoms with van der Waals surface area (Å²) >= 11 is 0. The van der Waals surface area contributed by atoms with Gasteiger partial charge in [-0.3, -0.25) is 4.79 Å². The molecule has 168 valence electrons. The van der Waals surface area contributed by atoms with E-state index in [4.69, 9.17) is 14.5 Å². The predicted molar refractivity (Wildman–Crippen MR) is 132 cm³/mol. The average Bonchev–Trinajstić information content (AvgIpc) is 2.83. The molecule has 0 aliphatic carbocycles. The first-order valence-electron chi connectivity index (χ1n) is 11.0. The molecule has 1 heterocycles. The molecule has 0 bridgehead atoms. The number of carbonyl (C=O) groups is 1. The van der Waals surface area contributed by atoms with Gasteiger partial charge in [0.1, 0.15) is 0 Å². The van der Waals surface area contributed by atoms with Crippen LogP contribution in [0.4, 0.5) is 0 Å². The molecule has 0 fully saturated rings. The number of aromatic nitrogens is 1. The number of nitrogens with zero attached hydrogens (tertiary/aromatic N) is 1. The molecule has 0 atom stereocenters. The Labute approximate surface area is 194 Å². The highest BCUT2D eigenvalue weighted by Gasteiger charge is 2.15. The second-order valence-corrected chi connectivity index (χ2v) is 8.09. The number of aryl methyl sites for hydroxylation is 2. The van der Waals surface area contributed by atoms with E-state index >= 15 is 0 Å². The van der Waals surface area contributed by atoms with Gasteiger partial charge in [0.05, 0.1) is 31.0 Å². The molecule has 33 heavy (non-hydrogen) atoms. The number of rotatable bonds is 7. The van der Waals surface area contributed by atoms with E-state index in [1.165, 1.54) is 5.56 Å². The SMILES string of the molecule is COc1ccc(CCNC(=O)c2cc(-c3ccc(C)cc3C)nc3ccccc23)cc1OC. The molecule has 0 aliphatic rings. The lowest BCUT2D eigenvalue weighted by atomic mass is 9.99. The lowest BCUT2D eigenvalue weighted by Gasteiger charge is -2.13. The van der Waals surface area contributed by atoms with Gasteiger partial charge in [-0.2, -0.15) is 0 Å². The van der Waals surface area contributed by atoms with Gasteiger partial charge in [0.25, 0.3) is 5.91 Å². The minimum absolute atomic E-state index is 0.111. The first-order chi connectivity index (χ1) is 16.0. The van der Waals surface area contributed by atoms with Crippen LogP contribution in [-0.4, -0.2) is 31.7 Å². The fraction of sp³-hybridized carbons (Fsp3) is 0.214. The maximum atomic E-state index is 13.2. The van der Waals surface area contributed by atoms with Crippen LogP contribution in [0.25, 0.3) is 22.2 Å². The summed E-state index contributed by atoms with van der Waals surface area (Å²) in [6.45, 7) is 4.65. The molecule has 5 heteroatoms. The van der Waals surface area contributed by atoms with Crippen molar-refractivity contribution in [3.05, 3.63) is 89.0 Å². The Morgan fingerprint density at radius 1 is 0.909 bits per heavy atom. The minimum atomic E-state index is -0.111. The zero-order chi connectivity index (χ0) is 23.4. The number of carbonyl (C=O) groups excluding carboxylic acids is 1. The Morgan fingerprint density at radius 3 is 2.45 bits per heavy atom. The van der Waals surface area contributed by atoms with Gasteiger partial charge >= 0.3 is 0 Å². The molecular formula is C28H28N2O3. The van der Waals surface area contributed by atoms with Crippen LogP contribution in [0.15, 0.2) is 66.7 Å². The van der Waals surface area contributed by atoms with E-state index < -0.39 is 0 Å². The van der Waals surface area contributed by atoms with E-state index in [0.29, 0.717) is 30.0 Å². The van der Waals surface area contributed by atoms with E-state index in [-0.39, 0.29) is 5.91 Å². The minimum Gasteiger partial charge on any atom is -0.493 e. The van der Waals surface area contributed by atoms with Crippen molar-refractivity contribution in [2.24, 2.45) is 0 Å². The van der Waals surface area contributed by atoms with Crippen LogP contribution in [0.2, 0.25) is 0 Å². The normalized spacial score (nSPS) is 10.8. The summed E-state index contributed by atoms with van der Waals surface area (Å²) in [5.74, 6) is 1.26. The third kappa shape index (κ3) is 4.82. The van der Waals surface area contributed by atoms with Crippen LogP contribution in [0.1, 0.15) is 27.0 Å². The number of hydrogen-bond acceptors (Lipinski definition) is 4. The van der Waals surface area contributed by atoms with Crippen LogP contribution in [0.5, 0.6) is 11.5 Å². The molecular weight excluding hydrogens is 412 g/mol. The number of benzene rings is 3. The summed E-state index contributed by atoms with van der Waals surface area (Å²) in [6.07, 6.45) is 0.680. The van der Waals surface area contributed by atoms with Crippen LogP contribution >= 0.6 is 0 Å². The zero-order valence-corrected chi connectivity index (χ0v) is 19.4. The van der Waals surface area contributed by atoms with Crippen LogP contribution in [0.3, 0.4) is 0 Å². The van der Waals surface area contributed by atoms with Crippen molar-refractivity contribution in [2.75, 3.05) is 20.8 Å². The van der Waals surface area contributed by atoms with Gasteiger partial charge in [-0.25, -0.2) is 4.98 Å². The number of methoxy groups -OCH3 is 2. The first-order valence-corrected chi connectivity index (χ1v) is 11.0. The van der Waals surface area contributed by atoms with Gasteiger partial charge < -0.3 is 14.8 Å². The van der Waals surface area contributed by atoms with Crippen molar-refractivity contribution in [3.63, 3.8) is 0 Å². The smallest absolute Gasteiger partial charge is 0.252 e. The molecule has 1 amide bonds. The second kappa shape index (κ2) is 9.74. The highest BCUT2D eigenvalue weighted by atomic mass is 16.5. The van der Waals surface area contributed by atoms with Gasteiger partial charge in [-0.1, -0.05) is 48.0 Å². The van der Waals surface area contributed by atoms with Crippen molar-refractivity contribution in [2.45, 2.75) is 20.3 Å². The molecule has 3 aromatic carbocycles. The van der Waals surface area contributed by atoms with Gasteiger partial charge in [-0.15, -0.1) is 0 Å². The number of ether oxygens (including phenoxy) is 2. The third-order valence-electron chi connectivity index (χ3n) is 5.77. The van der Waals surface area contributed by atoms with Gasteiger partial charge in [0.15, 0.2) is 11.5 Å². The quantitative estimate of drug-likeness (QED) is 0.412. The summed E-state index contributed by atoms with van der Waals surface area (Å²) in [7, 11) is 3.23. The molecule has 0 saturated heterocycles. The second-order valence-electron chi connectivity index (χ2n) is 8.09. The third-order valence-corrected chi connectivity index (χ3v) is 5.77. The molecule has 0 spiro atoms. The van der Waals surface area contributed by atoms with E-state index in [1.54, 1.807) is 14.2 Å². The highest BCUT2D eigenvalue weighted by Crippen LogP contribution is 2.29. The maximum absolute atomic E-state index is 13.2. The lowest BCUT2D eigenvalue weighted by molar-refractivity contribution is 0.0955. The van der Waals surface area contributed by atoms with E-state index in [9.17, 15) is 4.79 Å². The molecule has 1 N–H and O–H groups in total. The Bertz CT molecular complexity index is 1310. The summed E-state index contributed by atoms with van der Waals surface area (Å²) in [4.78, 5) is 18.0. The summed E-state index contributed by atoms with van der Waals surface area (Å²) in [5, 5.41) is 3.91. The lowest BCUT2D eigenvalue weighted by Crippen LogP contribution is -2.26. The van der Waals surface area contributed by atoms with Crippen molar-refractivity contribution in [1.29, 1.82) is 0 Å². The van der Waals surface area contributed by atoms with Gasteiger partial charge in [0, 0.05) is 17.5 Å². The number of fused-ring (bicyclic) bond motifs is 1. The predicted octanol–water partition coefficient (Wildman–Crippen LogP) is 5.51. The fourth-order valence-electron chi connectivity index (χ4n) is 4.05. The summed E-state index contributed by atoms with van der Waals surface area (Å²) in [5.41, 5.74) is 6.66. The molecule has 0 aliphatic heterocycles. The Balaban J connectivity index is 1.59. The Morgan fingerprint density at radius 2 is 1.70 bits per heavy atom. The molecule has 0 saturated carbocycles. The number of pyridine rings is 1. The van der Waals surface area contributed by atoms with Crippen LogP contribution < -0.4 is 14.8 Å². The Hall–Kier alpha value is -3.86. The summed E-state index contributed by atoms with van der Waals surface area (Å²) < 4.78 is 10.7. The molecule has 0 radical (unpaired) electrons. The average molecular weight is 441 g/mol. The molecule has 4 aromatic rings. The Kier molecular flexibility index (Phi) is 6.59. The molecule has 4 rings (SSSR count). The number of amides is 1. The largest absolute Gasteiger partial charge is 0.493 e. The maximum Gasteiger partial charge on any atom is 0.252 e. The van der Waals surface area contributed by atoms with Crippen molar-refractivity contribution in [1.82, 2.24) is 10.3 Å². The van der Waals surface area contributed by atoms with Gasteiger partial charge in [0.2, 0.25) is 0 Å². The van der Waals surface area contributed by atoms with Crippen molar-refractivity contribution in [3.8, 4) is 22.8 Å². The zero-order valence-electron chi connectivity index (χ0n) is 19.4. The first kappa shape index (κ1) is 22.3. The van der Waals surface area contributed by atoms with Crippen LogP contribution in [-0.2, 0) is 6.42 Å². The molecule has 1 aromatic heterocycles. The number of para-hydroxylation sites is 1. The van der Waals surface area contributed by atoms with Crippen molar-refractivity contribution >= 4 is 16.8 Å². The van der Waals surface area contributed by atoms with Crippen molar-refractivity contribution < 1.29 is 14.3 Å². The monoisotopic (exact) mass is 440 g/mol. The topological polar surface area (TPSA) is 60.5 Å². The molecule has 5 nitrogen and oxygen atoms in total. The van der Waals surface area contributed by atoms with Gasteiger partial charge in [-0.05, 0) is 55.7 Å². The molecule has 0 unspecified atom stereocenters. The highest BCUT2D eigenvalue weighted by molar-refractivity contribution is 6.07. The number of nitrogens with one attached hydrogen (secondary N) is 1. The summed E-state index contributed by atoms with van der Waals surface area (Å²) in [6, 6.07) is 21.7. The van der Waals surface area contributed by atoms with Crippen LogP contribution in [0, 0.1) is 13.8 Å². The van der Waals surface area contributed by atoms with E-state index in [0.717, 1.165) is 33.3 Å². The number of hydrogen-bond donors (Lipinski definition) is 1. The van der Waals surface area contributed by atoms with E-state index in [1.807, 2.05) is 48.5 Å². The standard InChI is InChI=1S/C28H28N2O3/c1-18-9-11-21(19(2)15-18)25-17-23(22-7-5-6-8-24(22)30-25)28(31)29-14-13-20-10-12-26(32-3)27(16-20)33-4/h5-12,15-17H,13-14H2,1-4H3,(H,29,31). The fourth-order valence-corrected chi connectivity index (χ4v) is 4.05. The van der Waals surface area contributed by atoms with E-state index in [2.05, 4.69) is 37.4 Å².